The number of carbonyl (C=O) groups is 1. The normalized spacial score (nSPS) is 17.3. The van der Waals surface area contributed by atoms with Crippen LogP contribution in [0.5, 0.6) is 0 Å². The molecule has 4 nitrogen and oxygen atoms in total. The van der Waals surface area contributed by atoms with Gasteiger partial charge in [0.05, 0.1) is 12.3 Å². The fraction of sp³-hybridized carbons (Fsp3) is 0.692. The predicted octanol–water partition coefficient (Wildman–Crippen LogP) is 2.95. The van der Waals surface area contributed by atoms with Crippen LogP contribution in [0.4, 0.5) is 5.13 Å². The van der Waals surface area contributed by atoms with Crippen molar-refractivity contribution in [3.8, 4) is 0 Å². The molecule has 1 aromatic heterocycles. The minimum Gasteiger partial charge on any atom is -0.465 e. The van der Waals surface area contributed by atoms with Crippen LogP contribution in [0.2, 0.25) is 0 Å². The lowest BCUT2D eigenvalue weighted by Gasteiger charge is -2.19. The van der Waals surface area contributed by atoms with Crippen LogP contribution in [0.1, 0.15) is 46.2 Å². The summed E-state index contributed by atoms with van der Waals surface area (Å²) in [6.45, 7) is 8.10. The van der Waals surface area contributed by atoms with Crippen LogP contribution in [-0.4, -0.2) is 23.1 Å². The first-order valence-electron chi connectivity index (χ1n) is 6.29. The largest absolute Gasteiger partial charge is 0.465 e. The topological polar surface area (TPSA) is 51.2 Å². The molecular formula is C13H20N2O2S. The second-order valence-corrected chi connectivity index (χ2v) is 6.43. The number of esters is 1. The highest BCUT2D eigenvalue weighted by Gasteiger charge is 2.39. The average Bonchev–Trinajstić information content (AvgIpc) is 2.83. The molecule has 1 aromatic rings. The van der Waals surface area contributed by atoms with Crippen molar-refractivity contribution in [2.45, 2.75) is 51.5 Å². The van der Waals surface area contributed by atoms with Gasteiger partial charge in [0.25, 0.3) is 0 Å². The van der Waals surface area contributed by atoms with Crippen molar-refractivity contribution in [3.05, 3.63) is 11.1 Å². The van der Waals surface area contributed by atoms with Gasteiger partial charge in [0, 0.05) is 10.9 Å². The Morgan fingerprint density at radius 3 is 2.83 bits per heavy atom. The first-order valence-corrected chi connectivity index (χ1v) is 7.17. The van der Waals surface area contributed by atoms with Gasteiger partial charge in [-0.1, -0.05) is 0 Å². The van der Waals surface area contributed by atoms with Gasteiger partial charge in [0.1, 0.15) is 5.41 Å². The van der Waals surface area contributed by atoms with Crippen molar-refractivity contribution in [1.82, 2.24) is 4.98 Å². The van der Waals surface area contributed by atoms with Gasteiger partial charge in [-0.25, -0.2) is 4.98 Å². The maximum atomic E-state index is 11.9. The number of ether oxygens (including phenoxy) is 1. The molecule has 1 fully saturated rings. The number of hydrogen-bond donors (Lipinski definition) is 1. The quantitative estimate of drug-likeness (QED) is 0.834. The van der Waals surface area contributed by atoms with E-state index in [-0.39, 0.29) is 11.5 Å². The third-order valence-corrected chi connectivity index (χ3v) is 4.10. The van der Waals surface area contributed by atoms with Gasteiger partial charge < -0.3 is 10.1 Å². The maximum absolute atomic E-state index is 11.9. The molecule has 1 heterocycles. The summed E-state index contributed by atoms with van der Waals surface area (Å²) >= 11 is 1.55. The highest BCUT2D eigenvalue weighted by Crippen LogP contribution is 2.39. The third kappa shape index (κ3) is 2.66. The molecular weight excluding hydrogens is 248 g/mol. The summed E-state index contributed by atoms with van der Waals surface area (Å²) < 4.78 is 5.09. The number of thiazole rings is 1. The Hall–Kier alpha value is -1.10. The van der Waals surface area contributed by atoms with E-state index in [2.05, 4.69) is 17.2 Å². The van der Waals surface area contributed by atoms with Crippen LogP contribution < -0.4 is 5.32 Å². The minimum atomic E-state index is -0.684. The van der Waals surface area contributed by atoms with Gasteiger partial charge in [-0.3, -0.25) is 4.79 Å². The van der Waals surface area contributed by atoms with Crippen LogP contribution in [0, 0.1) is 0 Å². The Morgan fingerprint density at radius 1 is 1.61 bits per heavy atom. The van der Waals surface area contributed by atoms with E-state index in [0.29, 0.717) is 6.61 Å². The molecule has 1 aliphatic carbocycles. The monoisotopic (exact) mass is 268 g/mol. The van der Waals surface area contributed by atoms with Crippen LogP contribution in [-0.2, 0) is 14.9 Å². The summed E-state index contributed by atoms with van der Waals surface area (Å²) in [6, 6.07) is 0. The van der Waals surface area contributed by atoms with Gasteiger partial charge in [-0.15, -0.1) is 11.3 Å². The third-order valence-electron chi connectivity index (χ3n) is 3.34. The zero-order chi connectivity index (χ0) is 13.4. The van der Waals surface area contributed by atoms with E-state index in [4.69, 9.17) is 4.74 Å². The molecule has 1 aliphatic rings. The van der Waals surface area contributed by atoms with Crippen LogP contribution in [0.25, 0.3) is 0 Å². The zero-order valence-electron chi connectivity index (χ0n) is 11.4. The number of carbonyl (C=O) groups excluding carboxylic acids is 1. The second kappa shape index (κ2) is 4.53. The molecule has 0 radical (unpaired) electrons. The van der Waals surface area contributed by atoms with E-state index in [1.807, 2.05) is 26.2 Å². The predicted molar refractivity (Wildman–Crippen MR) is 73.0 cm³/mol. The van der Waals surface area contributed by atoms with Gasteiger partial charge >= 0.3 is 5.97 Å². The summed E-state index contributed by atoms with van der Waals surface area (Å²) in [7, 11) is 0. The number of hydrogen-bond acceptors (Lipinski definition) is 5. The van der Waals surface area contributed by atoms with Crippen molar-refractivity contribution >= 4 is 22.4 Å². The molecule has 0 unspecified atom stereocenters. The van der Waals surface area contributed by atoms with E-state index in [1.165, 1.54) is 12.8 Å². The van der Waals surface area contributed by atoms with Crippen LogP contribution >= 0.6 is 11.3 Å². The lowest BCUT2D eigenvalue weighted by atomic mass is 9.90. The number of nitrogens with one attached hydrogen (secondary N) is 1. The molecule has 18 heavy (non-hydrogen) atoms. The number of nitrogens with zero attached hydrogens (tertiary/aromatic N) is 1. The van der Waals surface area contributed by atoms with Crippen molar-refractivity contribution in [2.24, 2.45) is 0 Å². The number of aromatic nitrogens is 1. The molecule has 1 saturated carbocycles. The molecule has 0 aliphatic heterocycles. The molecule has 1 N–H and O–H groups in total. The highest BCUT2D eigenvalue weighted by atomic mass is 32.1. The zero-order valence-corrected chi connectivity index (χ0v) is 12.2. The van der Waals surface area contributed by atoms with E-state index < -0.39 is 5.41 Å². The summed E-state index contributed by atoms with van der Waals surface area (Å²) in [5.74, 6) is -0.223. The standard InChI is InChI=1S/C13H20N2O2S/c1-5-17-10(16)12(2,3)9-8-18-11(14-9)15-13(4)6-7-13/h8H,5-7H2,1-4H3,(H,14,15). The van der Waals surface area contributed by atoms with E-state index in [9.17, 15) is 4.79 Å². The second-order valence-electron chi connectivity index (χ2n) is 5.57. The molecule has 100 valence electrons. The van der Waals surface area contributed by atoms with E-state index >= 15 is 0 Å². The van der Waals surface area contributed by atoms with Gasteiger partial charge in [-0.05, 0) is 40.5 Å². The molecule has 0 aromatic carbocycles. The Balaban J connectivity index is 2.10. The van der Waals surface area contributed by atoms with Crippen molar-refractivity contribution in [1.29, 1.82) is 0 Å². The molecule has 0 saturated heterocycles. The molecule has 2 rings (SSSR count). The first kappa shape index (κ1) is 13.3. The average molecular weight is 268 g/mol. The minimum absolute atomic E-state index is 0.212. The van der Waals surface area contributed by atoms with E-state index in [1.54, 1.807) is 11.3 Å². The lowest BCUT2D eigenvalue weighted by Crippen LogP contribution is -2.31. The fourth-order valence-electron chi connectivity index (χ4n) is 1.60. The Kier molecular flexibility index (Phi) is 3.36. The van der Waals surface area contributed by atoms with Crippen LogP contribution in [0.15, 0.2) is 5.38 Å². The maximum Gasteiger partial charge on any atom is 0.317 e. The lowest BCUT2D eigenvalue weighted by molar-refractivity contribution is -0.148. The Morgan fingerprint density at radius 2 is 2.28 bits per heavy atom. The number of anilines is 1. The molecule has 0 amide bonds. The van der Waals surface area contributed by atoms with Crippen molar-refractivity contribution in [2.75, 3.05) is 11.9 Å². The number of rotatable bonds is 5. The summed E-state index contributed by atoms with van der Waals surface area (Å²) in [6.07, 6.45) is 2.37. The van der Waals surface area contributed by atoms with Crippen molar-refractivity contribution in [3.63, 3.8) is 0 Å². The first-order chi connectivity index (χ1) is 8.37. The van der Waals surface area contributed by atoms with Gasteiger partial charge in [0.15, 0.2) is 5.13 Å². The molecule has 5 heteroatoms. The SMILES string of the molecule is CCOC(=O)C(C)(C)c1csc(NC2(C)CC2)n1. The van der Waals surface area contributed by atoms with Crippen molar-refractivity contribution < 1.29 is 9.53 Å². The summed E-state index contributed by atoms with van der Waals surface area (Å²) in [5.41, 5.74) is 0.304. The van der Waals surface area contributed by atoms with Gasteiger partial charge in [-0.2, -0.15) is 0 Å². The molecule has 0 spiro atoms. The Bertz CT molecular complexity index is 450. The van der Waals surface area contributed by atoms with E-state index in [0.717, 1.165) is 10.8 Å². The van der Waals surface area contributed by atoms with Gasteiger partial charge in [0.2, 0.25) is 0 Å². The fourth-order valence-corrected chi connectivity index (χ4v) is 2.63. The Labute approximate surface area is 112 Å². The summed E-state index contributed by atoms with van der Waals surface area (Å²) in [4.78, 5) is 16.4. The molecule has 0 bridgehead atoms. The highest BCUT2D eigenvalue weighted by molar-refractivity contribution is 7.13. The molecule has 0 atom stereocenters. The summed E-state index contributed by atoms with van der Waals surface area (Å²) in [5, 5.41) is 6.24. The van der Waals surface area contributed by atoms with Crippen LogP contribution in [0.3, 0.4) is 0 Å². The smallest absolute Gasteiger partial charge is 0.317 e.